The largest absolute Gasteiger partial charge is 0.335 e. The summed E-state index contributed by atoms with van der Waals surface area (Å²) in [7, 11) is 0. The van der Waals surface area contributed by atoms with Gasteiger partial charge in [0.25, 0.3) is 0 Å². The molecular formula is C22H36N4O. The SMILES string of the molecule is CC(C)CN1CCC(NC(=O)NC2CCN(Cc3ccccc3)CC2)CC1. The maximum atomic E-state index is 12.4. The van der Waals surface area contributed by atoms with E-state index in [0.717, 1.165) is 58.4 Å². The molecule has 0 aromatic heterocycles. The molecule has 2 N–H and O–H groups in total. The van der Waals surface area contributed by atoms with E-state index >= 15 is 0 Å². The molecule has 2 aliphatic rings. The number of hydrogen-bond acceptors (Lipinski definition) is 3. The van der Waals surface area contributed by atoms with Gasteiger partial charge in [0.15, 0.2) is 0 Å². The highest BCUT2D eigenvalue weighted by atomic mass is 16.2. The van der Waals surface area contributed by atoms with Gasteiger partial charge in [0.1, 0.15) is 0 Å². The van der Waals surface area contributed by atoms with E-state index in [1.807, 2.05) is 0 Å². The third-order valence-electron chi connectivity index (χ3n) is 5.72. The molecule has 27 heavy (non-hydrogen) atoms. The first kappa shape index (κ1) is 20.2. The van der Waals surface area contributed by atoms with Crippen LogP contribution in [-0.2, 0) is 6.54 Å². The van der Waals surface area contributed by atoms with Crippen molar-refractivity contribution >= 4 is 6.03 Å². The first-order valence-corrected chi connectivity index (χ1v) is 10.6. The zero-order chi connectivity index (χ0) is 19.1. The van der Waals surface area contributed by atoms with Gasteiger partial charge < -0.3 is 15.5 Å². The molecule has 0 saturated carbocycles. The van der Waals surface area contributed by atoms with Crippen LogP contribution >= 0.6 is 0 Å². The molecule has 2 fully saturated rings. The van der Waals surface area contributed by atoms with Crippen LogP contribution in [0.4, 0.5) is 4.79 Å². The van der Waals surface area contributed by atoms with Crippen molar-refractivity contribution in [1.29, 1.82) is 0 Å². The molecule has 2 aliphatic heterocycles. The number of rotatable bonds is 6. The second-order valence-electron chi connectivity index (χ2n) is 8.62. The molecule has 0 aliphatic carbocycles. The van der Waals surface area contributed by atoms with Gasteiger partial charge in [0.2, 0.25) is 0 Å². The summed E-state index contributed by atoms with van der Waals surface area (Å²) in [6.45, 7) is 11.0. The van der Waals surface area contributed by atoms with Gasteiger partial charge in [-0.15, -0.1) is 0 Å². The minimum atomic E-state index is 0.0267. The number of hydrogen-bond donors (Lipinski definition) is 2. The Balaban J connectivity index is 1.32. The number of carbonyl (C=O) groups is 1. The van der Waals surface area contributed by atoms with Gasteiger partial charge >= 0.3 is 6.03 Å². The molecule has 5 heteroatoms. The lowest BCUT2D eigenvalue weighted by Crippen LogP contribution is -2.52. The van der Waals surface area contributed by atoms with Gasteiger partial charge in [-0.3, -0.25) is 4.90 Å². The van der Waals surface area contributed by atoms with Crippen molar-refractivity contribution in [1.82, 2.24) is 20.4 Å². The van der Waals surface area contributed by atoms with Gasteiger partial charge in [-0.1, -0.05) is 44.2 Å². The fourth-order valence-corrected chi connectivity index (χ4v) is 4.27. The van der Waals surface area contributed by atoms with Gasteiger partial charge in [-0.2, -0.15) is 0 Å². The summed E-state index contributed by atoms with van der Waals surface area (Å²) in [6, 6.07) is 11.3. The van der Waals surface area contributed by atoms with Crippen molar-refractivity contribution in [2.24, 2.45) is 5.92 Å². The number of urea groups is 1. The third-order valence-corrected chi connectivity index (χ3v) is 5.72. The van der Waals surface area contributed by atoms with Crippen molar-refractivity contribution in [3.63, 3.8) is 0 Å². The number of nitrogens with one attached hydrogen (secondary N) is 2. The monoisotopic (exact) mass is 372 g/mol. The average molecular weight is 373 g/mol. The maximum Gasteiger partial charge on any atom is 0.315 e. The van der Waals surface area contributed by atoms with Crippen LogP contribution in [0.3, 0.4) is 0 Å². The number of carbonyl (C=O) groups excluding carboxylic acids is 1. The van der Waals surface area contributed by atoms with E-state index in [1.54, 1.807) is 0 Å². The Hall–Kier alpha value is -1.59. The number of amides is 2. The van der Waals surface area contributed by atoms with Crippen LogP contribution in [0.2, 0.25) is 0 Å². The zero-order valence-electron chi connectivity index (χ0n) is 17.0. The summed E-state index contributed by atoms with van der Waals surface area (Å²) < 4.78 is 0. The Bertz CT molecular complexity index is 561. The normalized spacial score (nSPS) is 20.7. The minimum Gasteiger partial charge on any atom is -0.335 e. The molecule has 2 amide bonds. The van der Waals surface area contributed by atoms with Crippen LogP contribution < -0.4 is 10.6 Å². The van der Waals surface area contributed by atoms with Gasteiger partial charge in [-0.05, 0) is 37.2 Å². The van der Waals surface area contributed by atoms with Crippen molar-refractivity contribution in [3.8, 4) is 0 Å². The highest BCUT2D eigenvalue weighted by Gasteiger charge is 2.24. The van der Waals surface area contributed by atoms with Gasteiger partial charge in [0, 0.05) is 51.4 Å². The Morgan fingerprint density at radius 1 is 0.926 bits per heavy atom. The number of nitrogens with zero attached hydrogens (tertiary/aromatic N) is 2. The summed E-state index contributed by atoms with van der Waals surface area (Å²) >= 11 is 0. The highest BCUT2D eigenvalue weighted by molar-refractivity contribution is 5.74. The van der Waals surface area contributed by atoms with Crippen LogP contribution in [0.15, 0.2) is 30.3 Å². The van der Waals surface area contributed by atoms with E-state index in [9.17, 15) is 4.79 Å². The lowest BCUT2D eigenvalue weighted by atomic mass is 10.0. The summed E-state index contributed by atoms with van der Waals surface area (Å²) in [6.07, 6.45) is 4.20. The Morgan fingerprint density at radius 3 is 1.96 bits per heavy atom. The molecule has 2 heterocycles. The molecule has 0 unspecified atom stereocenters. The molecule has 0 radical (unpaired) electrons. The molecule has 150 valence electrons. The highest BCUT2D eigenvalue weighted by Crippen LogP contribution is 2.15. The topological polar surface area (TPSA) is 47.6 Å². The zero-order valence-corrected chi connectivity index (χ0v) is 17.0. The second-order valence-corrected chi connectivity index (χ2v) is 8.62. The molecule has 2 saturated heterocycles. The van der Waals surface area contributed by atoms with E-state index in [-0.39, 0.29) is 6.03 Å². The fraction of sp³-hybridized carbons (Fsp3) is 0.682. The second kappa shape index (κ2) is 10.1. The Labute approximate surface area is 164 Å². The first-order chi connectivity index (χ1) is 13.1. The molecule has 3 rings (SSSR count). The van der Waals surface area contributed by atoms with Gasteiger partial charge in [0.05, 0.1) is 0 Å². The minimum absolute atomic E-state index is 0.0267. The van der Waals surface area contributed by atoms with Crippen LogP contribution in [0.5, 0.6) is 0 Å². The van der Waals surface area contributed by atoms with Crippen molar-refractivity contribution in [3.05, 3.63) is 35.9 Å². The molecule has 0 spiro atoms. The van der Waals surface area contributed by atoms with E-state index in [4.69, 9.17) is 0 Å². The van der Waals surface area contributed by atoms with E-state index in [2.05, 4.69) is 64.6 Å². The van der Waals surface area contributed by atoms with Crippen LogP contribution in [-0.4, -0.2) is 60.6 Å². The maximum absolute atomic E-state index is 12.4. The van der Waals surface area contributed by atoms with Crippen LogP contribution in [0.1, 0.15) is 45.1 Å². The molecule has 1 aromatic rings. The van der Waals surface area contributed by atoms with Crippen molar-refractivity contribution in [2.45, 2.75) is 58.2 Å². The number of piperidine rings is 2. The summed E-state index contributed by atoms with van der Waals surface area (Å²) in [5.74, 6) is 0.713. The van der Waals surface area contributed by atoms with E-state index in [1.165, 1.54) is 12.1 Å². The molecule has 0 atom stereocenters. The van der Waals surface area contributed by atoms with Crippen molar-refractivity contribution in [2.75, 3.05) is 32.7 Å². The molecule has 5 nitrogen and oxygen atoms in total. The van der Waals surface area contributed by atoms with E-state index in [0.29, 0.717) is 18.0 Å². The number of benzene rings is 1. The predicted molar refractivity (Wildman–Crippen MR) is 111 cm³/mol. The van der Waals surface area contributed by atoms with Gasteiger partial charge in [-0.25, -0.2) is 4.79 Å². The lowest BCUT2D eigenvalue weighted by Gasteiger charge is -2.35. The summed E-state index contributed by atoms with van der Waals surface area (Å²) in [5, 5.41) is 6.40. The smallest absolute Gasteiger partial charge is 0.315 e. The molecule has 1 aromatic carbocycles. The fourth-order valence-electron chi connectivity index (χ4n) is 4.27. The molecule has 0 bridgehead atoms. The standard InChI is InChI=1S/C22H36N4O/c1-18(2)16-25-12-8-20(9-13-25)23-22(27)24-21-10-14-26(15-11-21)17-19-6-4-3-5-7-19/h3-7,18,20-21H,8-17H2,1-2H3,(H2,23,24,27). The average Bonchev–Trinajstić information content (AvgIpc) is 2.65. The van der Waals surface area contributed by atoms with Crippen molar-refractivity contribution < 1.29 is 4.79 Å². The summed E-state index contributed by atoms with van der Waals surface area (Å²) in [5.41, 5.74) is 1.37. The quantitative estimate of drug-likeness (QED) is 0.807. The first-order valence-electron chi connectivity index (χ1n) is 10.6. The number of likely N-dealkylation sites (tertiary alicyclic amines) is 2. The Morgan fingerprint density at radius 2 is 1.44 bits per heavy atom. The third kappa shape index (κ3) is 6.82. The van der Waals surface area contributed by atoms with E-state index < -0.39 is 0 Å². The Kier molecular flexibility index (Phi) is 7.53. The van der Waals surface area contributed by atoms with Crippen LogP contribution in [0.25, 0.3) is 0 Å². The summed E-state index contributed by atoms with van der Waals surface area (Å²) in [4.78, 5) is 17.4. The lowest BCUT2D eigenvalue weighted by molar-refractivity contribution is 0.170. The predicted octanol–water partition coefficient (Wildman–Crippen LogP) is 3.07. The molecular weight excluding hydrogens is 336 g/mol. The van der Waals surface area contributed by atoms with Crippen LogP contribution in [0, 0.1) is 5.92 Å².